The van der Waals surface area contributed by atoms with Crippen LogP contribution in [0, 0.1) is 0 Å². The molecule has 1 heterocycles. The summed E-state index contributed by atoms with van der Waals surface area (Å²) in [6.45, 7) is 2.13. The predicted octanol–water partition coefficient (Wildman–Crippen LogP) is 1.37. The first-order valence-corrected chi connectivity index (χ1v) is 7.15. The molecule has 88 valence electrons. The SMILES string of the molecule is NCc1ccc(N2CCS(=O)CC2)c(Cl)c1. The number of halogens is 1. The summed E-state index contributed by atoms with van der Waals surface area (Å²) in [6.07, 6.45) is 0. The zero-order valence-electron chi connectivity index (χ0n) is 8.99. The highest BCUT2D eigenvalue weighted by Crippen LogP contribution is 2.27. The molecule has 0 saturated carbocycles. The zero-order chi connectivity index (χ0) is 11.5. The third kappa shape index (κ3) is 2.56. The van der Waals surface area contributed by atoms with Gasteiger partial charge in [-0.2, -0.15) is 0 Å². The lowest BCUT2D eigenvalue weighted by Crippen LogP contribution is -2.37. The average Bonchev–Trinajstić information content (AvgIpc) is 2.30. The minimum atomic E-state index is -0.652. The molecule has 1 fully saturated rings. The molecule has 0 atom stereocenters. The second kappa shape index (κ2) is 5.17. The molecular weight excluding hydrogens is 244 g/mol. The maximum Gasteiger partial charge on any atom is 0.0642 e. The van der Waals surface area contributed by atoms with Gasteiger partial charge in [-0.1, -0.05) is 17.7 Å². The molecule has 0 amide bonds. The van der Waals surface area contributed by atoms with Gasteiger partial charge in [0.2, 0.25) is 0 Å². The van der Waals surface area contributed by atoms with Crippen molar-refractivity contribution in [2.45, 2.75) is 6.54 Å². The third-order valence-corrected chi connectivity index (χ3v) is 4.34. The fraction of sp³-hybridized carbons (Fsp3) is 0.455. The minimum absolute atomic E-state index is 0.504. The molecule has 1 aliphatic heterocycles. The van der Waals surface area contributed by atoms with Crippen LogP contribution in [0.25, 0.3) is 0 Å². The smallest absolute Gasteiger partial charge is 0.0642 e. The van der Waals surface area contributed by atoms with E-state index in [9.17, 15) is 4.21 Å². The fourth-order valence-electron chi connectivity index (χ4n) is 1.81. The quantitative estimate of drug-likeness (QED) is 0.872. The maximum absolute atomic E-state index is 11.3. The van der Waals surface area contributed by atoms with E-state index in [-0.39, 0.29) is 0 Å². The second-order valence-corrected chi connectivity index (χ2v) is 5.93. The Hall–Kier alpha value is -0.580. The second-order valence-electron chi connectivity index (χ2n) is 3.83. The van der Waals surface area contributed by atoms with Crippen LogP contribution in [-0.2, 0) is 17.3 Å². The molecule has 2 rings (SSSR count). The third-order valence-electron chi connectivity index (χ3n) is 2.77. The van der Waals surface area contributed by atoms with Crippen LogP contribution >= 0.6 is 11.6 Å². The van der Waals surface area contributed by atoms with E-state index in [1.54, 1.807) is 0 Å². The summed E-state index contributed by atoms with van der Waals surface area (Å²) in [5, 5.41) is 0.732. The molecule has 1 saturated heterocycles. The van der Waals surface area contributed by atoms with E-state index in [2.05, 4.69) is 4.90 Å². The molecule has 0 spiro atoms. The Morgan fingerprint density at radius 2 is 2.06 bits per heavy atom. The van der Waals surface area contributed by atoms with Crippen molar-refractivity contribution in [2.75, 3.05) is 29.5 Å². The summed E-state index contributed by atoms with van der Waals surface area (Å²) in [5.41, 5.74) is 7.61. The van der Waals surface area contributed by atoms with Gasteiger partial charge in [-0.3, -0.25) is 4.21 Å². The first-order chi connectivity index (χ1) is 7.70. The van der Waals surface area contributed by atoms with E-state index in [1.807, 2.05) is 18.2 Å². The van der Waals surface area contributed by atoms with E-state index in [1.165, 1.54) is 0 Å². The number of nitrogens with zero attached hydrogens (tertiary/aromatic N) is 1. The molecule has 5 heteroatoms. The van der Waals surface area contributed by atoms with Crippen molar-refractivity contribution in [3.63, 3.8) is 0 Å². The normalized spacial score (nSPS) is 17.8. The lowest BCUT2D eigenvalue weighted by molar-refractivity contribution is 0.673. The molecule has 1 aromatic rings. The Bertz CT molecular complexity index is 401. The van der Waals surface area contributed by atoms with Gasteiger partial charge in [0.15, 0.2) is 0 Å². The summed E-state index contributed by atoms with van der Waals surface area (Å²) < 4.78 is 11.3. The Morgan fingerprint density at radius 1 is 1.38 bits per heavy atom. The van der Waals surface area contributed by atoms with Gasteiger partial charge in [0, 0.05) is 41.9 Å². The molecule has 0 aliphatic carbocycles. The Morgan fingerprint density at radius 3 is 2.62 bits per heavy atom. The summed E-state index contributed by atoms with van der Waals surface area (Å²) in [4.78, 5) is 2.18. The van der Waals surface area contributed by atoms with Crippen molar-refractivity contribution in [1.29, 1.82) is 0 Å². The first kappa shape index (κ1) is 11.9. The summed E-state index contributed by atoms with van der Waals surface area (Å²) in [7, 11) is -0.652. The van der Waals surface area contributed by atoms with Crippen LogP contribution in [0.3, 0.4) is 0 Å². The van der Waals surface area contributed by atoms with E-state index < -0.39 is 10.8 Å². The highest BCUT2D eigenvalue weighted by atomic mass is 35.5. The standard InChI is InChI=1S/C11H15ClN2OS/c12-10-7-9(8-13)1-2-11(10)14-3-5-16(15)6-4-14/h1-2,7H,3-6,8,13H2. The van der Waals surface area contributed by atoms with E-state index in [0.717, 1.165) is 40.9 Å². The van der Waals surface area contributed by atoms with Crippen molar-refractivity contribution in [3.8, 4) is 0 Å². The van der Waals surface area contributed by atoms with Gasteiger partial charge in [0.05, 0.1) is 10.7 Å². The summed E-state index contributed by atoms with van der Waals surface area (Å²) >= 11 is 6.20. The first-order valence-electron chi connectivity index (χ1n) is 5.29. The lowest BCUT2D eigenvalue weighted by Gasteiger charge is -2.29. The number of benzene rings is 1. The minimum Gasteiger partial charge on any atom is -0.368 e. The number of hydrogen-bond donors (Lipinski definition) is 1. The molecule has 0 radical (unpaired) electrons. The fourth-order valence-corrected chi connectivity index (χ4v) is 3.19. The van der Waals surface area contributed by atoms with E-state index >= 15 is 0 Å². The summed E-state index contributed by atoms with van der Waals surface area (Å²) in [5.74, 6) is 1.46. The highest BCUT2D eigenvalue weighted by molar-refractivity contribution is 7.85. The molecule has 1 aliphatic rings. The van der Waals surface area contributed by atoms with Crippen LogP contribution in [0.4, 0.5) is 5.69 Å². The summed E-state index contributed by atoms with van der Waals surface area (Å²) in [6, 6.07) is 5.90. The molecule has 0 aromatic heterocycles. The molecule has 16 heavy (non-hydrogen) atoms. The van der Waals surface area contributed by atoms with Crippen molar-refractivity contribution in [2.24, 2.45) is 5.73 Å². The van der Waals surface area contributed by atoms with Crippen LogP contribution in [-0.4, -0.2) is 28.8 Å². The Labute approximate surface area is 103 Å². The van der Waals surface area contributed by atoms with Crippen LogP contribution in [0.2, 0.25) is 5.02 Å². The van der Waals surface area contributed by atoms with Crippen LogP contribution in [0.15, 0.2) is 18.2 Å². The predicted molar refractivity (Wildman–Crippen MR) is 69.4 cm³/mol. The van der Waals surface area contributed by atoms with E-state index in [0.29, 0.717) is 6.54 Å². The van der Waals surface area contributed by atoms with Gasteiger partial charge >= 0.3 is 0 Å². The lowest BCUT2D eigenvalue weighted by atomic mass is 10.2. The van der Waals surface area contributed by atoms with Crippen LogP contribution in [0.1, 0.15) is 5.56 Å². The molecular formula is C11H15ClN2OS. The van der Waals surface area contributed by atoms with Crippen LogP contribution in [0.5, 0.6) is 0 Å². The monoisotopic (exact) mass is 258 g/mol. The van der Waals surface area contributed by atoms with Gasteiger partial charge in [-0.05, 0) is 17.7 Å². The Balaban J connectivity index is 2.17. The molecule has 1 aromatic carbocycles. The van der Waals surface area contributed by atoms with Gasteiger partial charge < -0.3 is 10.6 Å². The van der Waals surface area contributed by atoms with Gasteiger partial charge in [0.25, 0.3) is 0 Å². The molecule has 0 bridgehead atoms. The van der Waals surface area contributed by atoms with Crippen molar-refractivity contribution in [1.82, 2.24) is 0 Å². The molecule has 2 N–H and O–H groups in total. The number of nitrogens with two attached hydrogens (primary N) is 1. The molecule has 3 nitrogen and oxygen atoms in total. The number of rotatable bonds is 2. The van der Waals surface area contributed by atoms with Gasteiger partial charge in [0.1, 0.15) is 0 Å². The molecule has 0 unspecified atom stereocenters. The van der Waals surface area contributed by atoms with Gasteiger partial charge in [-0.15, -0.1) is 0 Å². The average molecular weight is 259 g/mol. The topological polar surface area (TPSA) is 46.3 Å². The van der Waals surface area contributed by atoms with Gasteiger partial charge in [-0.25, -0.2) is 0 Å². The zero-order valence-corrected chi connectivity index (χ0v) is 10.6. The highest BCUT2D eigenvalue weighted by Gasteiger charge is 2.17. The van der Waals surface area contributed by atoms with Crippen molar-refractivity contribution < 1.29 is 4.21 Å². The maximum atomic E-state index is 11.3. The van der Waals surface area contributed by atoms with Crippen molar-refractivity contribution >= 4 is 28.1 Å². The van der Waals surface area contributed by atoms with Crippen molar-refractivity contribution in [3.05, 3.63) is 28.8 Å². The van der Waals surface area contributed by atoms with Crippen LogP contribution < -0.4 is 10.6 Å². The van der Waals surface area contributed by atoms with E-state index in [4.69, 9.17) is 17.3 Å². The number of anilines is 1. The Kier molecular flexibility index (Phi) is 3.84. The largest absolute Gasteiger partial charge is 0.368 e. The number of hydrogen-bond acceptors (Lipinski definition) is 3.